The molecule has 1 atom stereocenters. The van der Waals surface area contributed by atoms with E-state index in [0.29, 0.717) is 6.54 Å². The minimum atomic E-state index is -0.505. The van der Waals surface area contributed by atoms with Crippen molar-refractivity contribution in [1.29, 1.82) is 0 Å². The molecule has 0 aliphatic carbocycles. The van der Waals surface area contributed by atoms with E-state index in [9.17, 15) is 14.5 Å². The highest BCUT2D eigenvalue weighted by atomic mass is 35.5. The Kier molecular flexibility index (Phi) is 4.88. The molecule has 0 saturated heterocycles. The lowest BCUT2D eigenvalue weighted by atomic mass is 10.1. The SMILES string of the molecule is CC(NCc1ccc(Cl)c([N+](=O)[O-])c1)c1ccc(F)cc1. The van der Waals surface area contributed by atoms with Crippen LogP contribution in [0.15, 0.2) is 42.5 Å². The summed E-state index contributed by atoms with van der Waals surface area (Å²) in [4.78, 5) is 10.3. The zero-order valence-corrected chi connectivity index (χ0v) is 12.1. The third-order valence-electron chi connectivity index (χ3n) is 3.19. The molecule has 0 fully saturated rings. The van der Waals surface area contributed by atoms with Crippen LogP contribution in [0.2, 0.25) is 5.02 Å². The molecule has 1 unspecified atom stereocenters. The van der Waals surface area contributed by atoms with Crippen LogP contribution in [0.1, 0.15) is 24.1 Å². The van der Waals surface area contributed by atoms with Crippen LogP contribution in [-0.4, -0.2) is 4.92 Å². The van der Waals surface area contributed by atoms with Gasteiger partial charge in [0.25, 0.3) is 5.69 Å². The van der Waals surface area contributed by atoms with Crippen molar-refractivity contribution in [2.75, 3.05) is 0 Å². The topological polar surface area (TPSA) is 55.2 Å². The van der Waals surface area contributed by atoms with E-state index in [-0.39, 0.29) is 22.6 Å². The first kappa shape index (κ1) is 15.4. The van der Waals surface area contributed by atoms with Crippen molar-refractivity contribution in [2.45, 2.75) is 19.5 Å². The van der Waals surface area contributed by atoms with Gasteiger partial charge in [0.2, 0.25) is 0 Å². The van der Waals surface area contributed by atoms with Crippen molar-refractivity contribution in [3.63, 3.8) is 0 Å². The Morgan fingerprint density at radius 1 is 1.29 bits per heavy atom. The molecular weight excluding hydrogens is 295 g/mol. The van der Waals surface area contributed by atoms with Crippen molar-refractivity contribution in [3.05, 3.63) is 74.5 Å². The van der Waals surface area contributed by atoms with Gasteiger partial charge >= 0.3 is 0 Å². The Morgan fingerprint density at radius 2 is 1.95 bits per heavy atom. The first-order valence-corrected chi connectivity index (χ1v) is 6.77. The second kappa shape index (κ2) is 6.65. The number of nitro benzene ring substituents is 1. The fourth-order valence-corrected chi connectivity index (χ4v) is 2.13. The molecule has 0 radical (unpaired) electrons. The van der Waals surface area contributed by atoms with Gasteiger partial charge < -0.3 is 5.32 Å². The minimum Gasteiger partial charge on any atom is -0.306 e. The van der Waals surface area contributed by atoms with E-state index < -0.39 is 4.92 Å². The first-order valence-electron chi connectivity index (χ1n) is 6.39. The lowest BCUT2D eigenvalue weighted by Crippen LogP contribution is -2.18. The van der Waals surface area contributed by atoms with Gasteiger partial charge in [0.1, 0.15) is 10.8 Å². The van der Waals surface area contributed by atoms with Crippen molar-refractivity contribution >= 4 is 17.3 Å². The Morgan fingerprint density at radius 3 is 2.57 bits per heavy atom. The minimum absolute atomic E-state index is 0.000309. The normalized spacial score (nSPS) is 12.1. The van der Waals surface area contributed by atoms with Gasteiger partial charge in [-0.3, -0.25) is 10.1 Å². The van der Waals surface area contributed by atoms with Crippen molar-refractivity contribution in [3.8, 4) is 0 Å². The summed E-state index contributed by atoms with van der Waals surface area (Å²) in [6.45, 7) is 2.40. The van der Waals surface area contributed by atoms with Gasteiger partial charge in [-0.05, 0) is 36.2 Å². The molecule has 0 bridgehead atoms. The monoisotopic (exact) mass is 308 g/mol. The van der Waals surface area contributed by atoms with Gasteiger partial charge in [0, 0.05) is 18.7 Å². The average Bonchev–Trinajstić information content (AvgIpc) is 2.46. The molecule has 0 amide bonds. The molecule has 0 aliphatic rings. The highest BCUT2D eigenvalue weighted by Gasteiger charge is 2.13. The van der Waals surface area contributed by atoms with E-state index in [1.165, 1.54) is 24.3 Å². The largest absolute Gasteiger partial charge is 0.306 e. The summed E-state index contributed by atoms with van der Waals surface area (Å²) < 4.78 is 12.9. The van der Waals surface area contributed by atoms with Gasteiger partial charge in [-0.15, -0.1) is 0 Å². The standard InChI is InChI=1S/C15H14ClFN2O2/c1-10(12-3-5-13(17)6-4-12)18-9-11-2-7-14(16)15(8-11)19(20)21/h2-8,10,18H,9H2,1H3. The molecule has 4 nitrogen and oxygen atoms in total. The van der Waals surface area contributed by atoms with E-state index in [1.54, 1.807) is 18.2 Å². The maximum atomic E-state index is 12.9. The molecule has 2 aromatic carbocycles. The third-order valence-corrected chi connectivity index (χ3v) is 3.51. The van der Waals surface area contributed by atoms with Crippen LogP contribution in [0.5, 0.6) is 0 Å². The van der Waals surface area contributed by atoms with Crippen LogP contribution in [0.25, 0.3) is 0 Å². The third kappa shape index (κ3) is 4.00. The molecule has 1 N–H and O–H groups in total. The summed E-state index contributed by atoms with van der Waals surface area (Å²) in [5.41, 5.74) is 1.60. The van der Waals surface area contributed by atoms with Crippen molar-refractivity contribution in [2.24, 2.45) is 0 Å². The van der Waals surface area contributed by atoms with Gasteiger partial charge in [0.15, 0.2) is 0 Å². The van der Waals surface area contributed by atoms with Crippen LogP contribution in [0.4, 0.5) is 10.1 Å². The lowest BCUT2D eigenvalue weighted by Gasteiger charge is -2.14. The molecule has 0 spiro atoms. The van der Waals surface area contributed by atoms with Crippen molar-refractivity contribution < 1.29 is 9.31 Å². The molecule has 2 aromatic rings. The Labute approximate surface area is 126 Å². The van der Waals surface area contributed by atoms with Crippen molar-refractivity contribution in [1.82, 2.24) is 5.32 Å². The van der Waals surface area contributed by atoms with E-state index in [4.69, 9.17) is 11.6 Å². The Bertz CT molecular complexity index is 647. The number of nitrogens with zero attached hydrogens (tertiary/aromatic N) is 1. The number of hydrogen-bond donors (Lipinski definition) is 1. The van der Waals surface area contributed by atoms with Crippen LogP contribution >= 0.6 is 11.6 Å². The number of halogens is 2. The van der Waals surface area contributed by atoms with E-state index in [2.05, 4.69) is 5.32 Å². The number of benzene rings is 2. The summed E-state index contributed by atoms with van der Waals surface area (Å²) in [7, 11) is 0. The van der Waals surface area contributed by atoms with Gasteiger partial charge in [0.05, 0.1) is 4.92 Å². The van der Waals surface area contributed by atoms with Crippen LogP contribution < -0.4 is 5.32 Å². The molecule has 6 heteroatoms. The molecule has 0 aliphatic heterocycles. The van der Waals surface area contributed by atoms with Crippen LogP contribution in [0, 0.1) is 15.9 Å². The number of nitro groups is 1. The highest BCUT2D eigenvalue weighted by Crippen LogP contribution is 2.25. The fraction of sp³-hybridized carbons (Fsp3) is 0.200. The summed E-state index contributed by atoms with van der Waals surface area (Å²) in [5, 5.41) is 14.2. The molecule has 0 saturated carbocycles. The second-order valence-electron chi connectivity index (χ2n) is 4.70. The smallest absolute Gasteiger partial charge is 0.288 e. The van der Waals surface area contributed by atoms with Gasteiger partial charge in [-0.25, -0.2) is 4.39 Å². The first-order chi connectivity index (χ1) is 9.97. The van der Waals surface area contributed by atoms with E-state index in [1.807, 2.05) is 6.92 Å². The average molecular weight is 309 g/mol. The van der Waals surface area contributed by atoms with E-state index in [0.717, 1.165) is 11.1 Å². The molecule has 0 heterocycles. The maximum absolute atomic E-state index is 12.9. The maximum Gasteiger partial charge on any atom is 0.288 e. The lowest BCUT2D eigenvalue weighted by molar-refractivity contribution is -0.384. The fourth-order valence-electron chi connectivity index (χ4n) is 1.95. The summed E-state index contributed by atoms with van der Waals surface area (Å²) in [5.74, 6) is -0.278. The highest BCUT2D eigenvalue weighted by molar-refractivity contribution is 6.32. The Hall–Kier alpha value is -1.98. The summed E-state index contributed by atoms with van der Waals surface area (Å²) in [6.07, 6.45) is 0. The van der Waals surface area contributed by atoms with Gasteiger partial charge in [-0.2, -0.15) is 0 Å². The predicted molar refractivity (Wildman–Crippen MR) is 79.8 cm³/mol. The quantitative estimate of drug-likeness (QED) is 0.664. The number of rotatable bonds is 5. The van der Waals surface area contributed by atoms with Crippen LogP contribution in [0.3, 0.4) is 0 Å². The summed E-state index contributed by atoms with van der Waals surface area (Å²) >= 11 is 5.77. The van der Waals surface area contributed by atoms with Gasteiger partial charge in [-0.1, -0.05) is 29.8 Å². The second-order valence-corrected chi connectivity index (χ2v) is 5.10. The number of nitrogens with one attached hydrogen (secondary N) is 1. The van der Waals surface area contributed by atoms with Crippen LogP contribution in [-0.2, 0) is 6.54 Å². The molecule has 110 valence electrons. The molecule has 21 heavy (non-hydrogen) atoms. The zero-order valence-electron chi connectivity index (χ0n) is 11.3. The molecule has 2 rings (SSSR count). The number of hydrogen-bond acceptors (Lipinski definition) is 3. The molecule has 0 aromatic heterocycles. The summed E-state index contributed by atoms with van der Waals surface area (Å²) in [6, 6.07) is 10.9. The zero-order chi connectivity index (χ0) is 15.4. The predicted octanol–water partition coefficient (Wildman–Crippen LogP) is 4.24. The van der Waals surface area contributed by atoms with E-state index >= 15 is 0 Å². The Balaban J connectivity index is 2.04. The molecular formula is C15H14ClFN2O2.